The Balaban J connectivity index is 1.67. The number of aliphatic hydroxyl groups excluding tert-OH is 1. The summed E-state index contributed by atoms with van der Waals surface area (Å²) < 4.78 is 5.74. The first-order valence-electron chi connectivity index (χ1n) is 13.1. The molecule has 0 saturated heterocycles. The molecule has 1 fully saturated rings. The summed E-state index contributed by atoms with van der Waals surface area (Å²) in [6.45, 7) is 11.9. The third-order valence-electron chi connectivity index (χ3n) is 7.38. The minimum Gasteiger partial charge on any atom is -0.422 e. The number of nitriles is 1. The molecule has 200 valence electrons. The SMILES string of the molecule is Cc1n[nH]c2c1C(c1cc(C#C[C@H]3C[C@@H](NC(=O)CC(C)(C)C)C3)cc(CO)c1)(C(C)C)C(C#N)=C(N)O2. The van der Waals surface area contributed by atoms with Crippen LogP contribution in [-0.2, 0) is 16.8 Å². The van der Waals surface area contributed by atoms with E-state index in [1.165, 1.54) is 0 Å². The molecule has 1 aromatic heterocycles. The van der Waals surface area contributed by atoms with Crippen LogP contribution in [0.25, 0.3) is 0 Å². The van der Waals surface area contributed by atoms with Crippen LogP contribution in [0, 0.1) is 47.3 Å². The summed E-state index contributed by atoms with van der Waals surface area (Å²) in [7, 11) is 0. The maximum Gasteiger partial charge on any atom is 0.222 e. The predicted octanol–water partition coefficient (Wildman–Crippen LogP) is 3.92. The van der Waals surface area contributed by atoms with Gasteiger partial charge in [-0.15, -0.1) is 0 Å². The van der Waals surface area contributed by atoms with Crippen molar-refractivity contribution in [1.29, 1.82) is 5.26 Å². The molecule has 4 rings (SSSR count). The van der Waals surface area contributed by atoms with Gasteiger partial charge in [0.1, 0.15) is 11.6 Å². The van der Waals surface area contributed by atoms with Crippen LogP contribution < -0.4 is 15.8 Å². The fourth-order valence-electron chi connectivity index (χ4n) is 5.65. The van der Waals surface area contributed by atoms with Crippen LogP contribution in [0.1, 0.15) is 81.8 Å². The number of carbonyl (C=O) groups is 1. The van der Waals surface area contributed by atoms with Crippen molar-refractivity contribution in [3.63, 3.8) is 0 Å². The number of aryl methyl sites for hydroxylation is 1. The van der Waals surface area contributed by atoms with Crippen LogP contribution in [0.3, 0.4) is 0 Å². The van der Waals surface area contributed by atoms with E-state index in [1.54, 1.807) is 0 Å². The van der Waals surface area contributed by atoms with Gasteiger partial charge >= 0.3 is 0 Å². The summed E-state index contributed by atoms with van der Waals surface area (Å²) in [6.07, 6.45) is 2.14. The van der Waals surface area contributed by atoms with E-state index in [0.717, 1.165) is 29.5 Å². The highest BCUT2D eigenvalue weighted by atomic mass is 16.5. The molecule has 8 heteroatoms. The van der Waals surface area contributed by atoms with E-state index < -0.39 is 5.41 Å². The average molecular weight is 516 g/mol. The lowest BCUT2D eigenvalue weighted by molar-refractivity contribution is -0.124. The Morgan fingerprint density at radius 2 is 2.05 bits per heavy atom. The zero-order valence-corrected chi connectivity index (χ0v) is 23.0. The first-order chi connectivity index (χ1) is 17.9. The van der Waals surface area contributed by atoms with Crippen LogP contribution in [0.15, 0.2) is 29.7 Å². The number of rotatable bonds is 5. The topological polar surface area (TPSA) is 137 Å². The standard InChI is InChI=1S/C30H37N5O3/c1-17(2)30(24(15-31)27(32)38-28-26(30)18(3)34-35-28)22-10-19(9-21(11-22)16-36)7-8-20-12-23(13-20)33-25(37)14-29(4,5)6/h9-11,17,20,23,36H,12-14,16,32H2,1-6H3,(H,33,37)(H,34,35)/t20-,23+,30?. The lowest BCUT2D eigenvalue weighted by atomic mass is 9.61. The second kappa shape index (κ2) is 10.2. The number of amides is 1. The van der Waals surface area contributed by atoms with Crippen molar-refractivity contribution < 1.29 is 14.6 Å². The van der Waals surface area contributed by atoms with Crippen LogP contribution >= 0.6 is 0 Å². The van der Waals surface area contributed by atoms with Gasteiger partial charge in [-0.1, -0.05) is 52.5 Å². The third kappa shape index (κ3) is 5.01. The normalized spacial score (nSPS) is 22.5. The summed E-state index contributed by atoms with van der Waals surface area (Å²) in [6, 6.07) is 8.20. The number of aromatic amines is 1. The molecule has 2 aromatic rings. The molecule has 1 atom stereocenters. The van der Waals surface area contributed by atoms with Gasteiger partial charge in [0.25, 0.3) is 0 Å². The minimum absolute atomic E-state index is 0.0356. The zero-order chi connectivity index (χ0) is 27.8. The van der Waals surface area contributed by atoms with Crippen molar-refractivity contribution in [3.05, 3.63) is 57.6 Å². The molecule has 0 spiro atoms. The Morgan fingerprint density at radius 3 is 2.66 bits per heavy atom. The number of allylic oxidation sites excluding steroid dienone is 1. The van der Waals surface area contributed by atoms with Crippen LogP contribution in [0.5, 0.6) is 5.88 Å². The van der Waals surface area contributed by atoms with E-state index in [1.807, 2.05) is 39.0 Å². The van der Waals surface area contributed by atoms with Crippen LogP contribution in [0.2, 0.25) is 0 Å². The van der Waals surface area contributed by atoms with E-state index in [2.05, 4.69) is 54.2 Å². The molecule has 8 nitrogen and oxygen atoms in total. The lowest BCUT2D eigenvalue weighted by Crippen LogP contribution is -2.44. The molecule has 38 heavy (non-hydrogen) atoms. The molecule has 0 radical (unpaired) electrons. The van der Waals surface area contributed by atoms with E-state index >= 15 is 0 Å². The number of aliphatic hydroxyl groups is 1. The highest BCUT2D eigenvalue weighted by Crippen LogP contribution is 2.52. The number of ether oxygens (including phenoxy) is 1. The van der Waals surface area contributed by atoms with Crippen molar-refractivity contribution >= 4 is 5.91 Å². The second-order valence-corrected chi connectivity index (χ2v) is 11.9. The Labute approximate surface area is 224 Å². The number of benzene rings is 1. The van der Waals surface area contributed by atoms with Crippen molar-refractivity contribution in [1.82, 2.24) is 15.5 Å². The first-order valence-corrected chi connectivity index (χ1v) is 13.1. The average Bonchev–Trinajstić information content (AvgIpc) is 3.17. The molecule has 1 aromatic carbocycles. The highest BCUT2D eigenvalue weighted by Gasteiger charge is 2.50. The van der Waals surface area contributed by atoms with Crippen molar-refractivity contribution in [2.24, 2.45) is 23.0 Å². The van der Waals surface area contributed by atoms with Gasteiger partial charge in [-0.2, -0.15) is 10.4 Å². The van der Waals surface area contributed by atoms with E-state index in [0.29, 0.717) is 29.1 Å². The van der Waals surface area contributed by atoms with E-state index in [4.69, 9.17) is 10.5 Å². The molecule has 1 amide bonds. The van der Waals surface area contributed by atoms with Crippen molar-refractivity contribution in [2.75, 3.05) is 0 Å². The van der Waals surface area contributed by atoms with Crippen LogP contribution in [-0.4, -0.2) is 27.3 Å². The van der Waals surface area contributed by atoms with E-state index in [9.17, 15) is 15.2 Å². The molecule has 1 aliphatic carbocycles. The minimum atomic E-state index is -0.927. The highest BCUT2D eigenvalue weighted by molar-refractivity contribution is 5.77. The monoisotopic (exact) mass is 515 g/mol. The largest absolute Gasteiger partial charge is 0.422 e. The summed E-state index contributed by atoms with van der Waals surface area (Å²) in [5, 5.41) is 30.7. The number of hydrogen-bond donors (Lipinski definition) is 4. The fourth-order valence-corrected chi connectivity index (χ4v) is 5.65. The summed E-state index contributed by atoms with van der Waals surface area (Å²) in [4.78, 5) is 12.2. The maximum atomic E-state index is 12.2. The van der Waals surface area contributed by atoms with Crippen molar-refractivity contribution in [3.8, 4) is 23.8 Å². The fraction of sp³-hybridized carbons (Fsp3) is 0.500. The number of aromatic nitrogens is 2. The number of carbonyl (C=O) groups excluding carboxylic acids is 1. The van der Waals surface area contributed by atoms with Gasteiger partial charge in [0, 0.05) is 23.9 Å². The summed E-state index contributed by atoms with van der Waals surface area (Å²) >= 11 is 0. The maximum absolute atomic E-state index is 12.2. The molecule has 5 N–H and O–H groups in total. The second-order valence-electron chi connectivity index (χ2n) is 11.9. The third-order valence-corrected chi connectivity index (χ3v) is 7.38. The molecule has 0 bridgehead atoms. The molecule has 2 heterocycles. The smallest absolute Gasteiger partial charge is 0.222 e. The predicted molar refractivity (Wildman–Crippen MR) is 144 cm³/mol. The number of H-pyrrole nitrogens is 1. The van der Waals surface area contributed by atoms with E-state index in [-0.39, 0.29) is 41.7 Å². The van der Waals surface area contributed by atoms with Gasteiger partial charge in [0.05, 0.1) is 23.3 Å². The first kappa shape index (κ1) is 27.3. The van der Waals surface area contributed by atoms with Gasteiger partial charge in [-0.25, -0.2) is 5.10 Å². The quantitative estimate of drug-likeness (QED) is 0.446. The number of fused-ring (bicyclic) bond motifs is 1. The molecule has 1 aliphatic heterocycles. The number of hydrogen-bond acceptors (Lipinski definition) is 6. The zero-order valence-electron chi connectivity index (χ0n) is 23.0. The Morgan fingerprint density at radius 1 is 1.34 bits per heavy atom. The molecule has 1 saturated carbocycles. The van der Waals surface area contributed by atoms with Gasteiger partial charge in [0.2, 0.25) is 17.7 Å². The van der Waals surface area contributed by atoms with Gasteiger partial charge in [-0.05, 0) is 54.4 Å². The lowest BCUT2D eigenvalue weighted by Gasteiger charge is -2.41. The van der Waals surface area contributed by atoms with Gasteiger partial charge < -0.3 is 20.9 Å². The molecule has 1 unspecified atom stereocenters. The van der Waals surface area contributed by atoms with Gasteiger partial charge in [0.15, 0.2) is 0 Å². The summed E-state index contributed by atoms with van der Waals surface area (Å²) in [5.74, 6) is 7.26. The Kier molecular flexibility index (Phi) is 7.32. The summed E-state index contributed by atoms with van der Waals surface area (Å²) in [5.41, 5.74) is 9.32. The molecular formula is C30H37N5O3. The number of nitrogens with one attached hydrogen (secondary N) is 2. The van der Waals surface area contributed by atoms with Gasteiger partial charge in [-0.3, -0.25) is 4.79 Å². The number of nitrogens with two attached hydrogens (primary N) is 1. The number of nitrogens with zero attached hydrogens (tertiary/aromatic N) is 2. The van der Waals surface area contributed by atoms with Crippen LogP contribution in [0.4, 0.5) is 0 Å². The van der Waals surface area contributed by atoms with Crippen molar-refractivity contribution in [2.45, 2.75) is 78.9 Å². The Hall–Kier alpha value is -3.75. The molecule has 2 aliphatic rings. The molecular weight excluding hydrogens is 478 g/mol. The Bertz CT molecular complexity index is 1370.